The van der Waals surface area contributed by atoms with E-state index >= 15 is 0 Å². The first-order valence-electron chi connectivity index (χ1n) is 6.42. The van der Waals surface area contributed by atoms with Crippen molar-refractivity contribution in [2.75, 3.05) is 0 Å². The van der Waals surface area contributed by atoms with E-state index in [1.165, 1.54) is 25.1 Å². The molecule has 1 atom stereocenters. The van der Waals surface area contributed by atoms with Crippen molar-refractivity contribution in [3.05, 3.63) is 11.6 Å². The maximum absolute atomic E-state index is 4.32. The molecule has 3 rings (SSSR count). The van der Waals surface area contributed by atoms with E-state index < -0.39 is 0 Å². The highest BCUT2D eigenvalue weighted by Crippen LogP contribution is 2.29. The fraction of sp³-hybridized carbons (Fsp3) is 0.833. The van der Waals surface area contributed by atoms with E-state index in [9.17, 15) is 0 Å². The highest BCUT2D eigenvalue weighted by molar-refractivity contribution is 5.04. The Kier molecular flexibility index (Phi) is 2.46. The number of aryl methyl sites for hydroxylation is 1. The lowest BCUT2D eigenvalue weighted by Crippen LogP contribution is -2.41. The molecule has 0 spiro atoms. The number of hydrogen-bond acceptors (Lipinski definition) is 3. The fourth-order valence-corrected chi connectivity index (χ4v) is 2.96. The molecule has 2 heterocycles. The van der Waals surface area contributed by atoms with E-state index in [-0.39, 0.29) is 0 Å². The highest BCUT2D eigenvalue weighted by Gasteiger charge is 2.28. The molecule has 0 bridgehead atoms. The molecule has 1 aromatic heterocycles. The van der Waals surface area contributed by atoms with Gasteiger partial charge in [0, 0.05) is 19.0 Å². The molecule has 88 valence electrons. The lowest BCUT2D eigenvalue weighted by molar-refractivity contribution is 0.222. The number of rotatable bonds is 3. The van der Waals surface area contributed by atoms with Crippen LogP contribution in [0.25, 0.3) is 0 Å². The van der Waals surface area contributed by atoms with Crippen LogP contribution in [0.15, 0.2) is 0 Å². The standard InChI is InChI=1S/C12H20N4/c1-8-6-10(7-8)13-9(2)12-15-14-11-4-3-5-16(11)12/h8-10,13H,3-7H2,1-2H3. The molecule has 2 aliphatic rings. The molecule has 1 aliphatic heterocycles. The number of nitrogens with one attached hydrogen (secondary N) is 1. The lowest BCUT2D eigenvalue weighted by atomic mass is 9.81. The van der Waals surface area contributed by atoms with Crippen LogP contribution >= 0.6 is 0 Å². The second kappa shape index (κ2) is 3.84. The average Bonchev–Trinajstić information content (AvgIpc) is 2.75. The van der Waals surface area contributed by atoms with Gasteiger partial charge in [0.15, 0.2) is 0 Å². The van der Waals surface area contributed by atoms with Crippen LogP contribution in [0.4, 0.5) is 0 Å². The van der Waals surface area contributed by atoms with Crippen LogP contribution in [-0.4, -0.2) is 20.8 Å². The third-order valence-electron chi connectivity index (χ3n) is 3.88. The second-order valence-corrected chi connectivity index (χ2v) is 5.39. The van der Waals surface area contributed by atoms with Crippen molar-refractivity contribution in [3.8, 4) is 0 Å². The van der Waals surface area contributed by atoms with E-state index in [4.69, 9.17) is 0 Å². The highest BCUT2D eigenvalue weighted by atomic mass is 15.3. The topological polar surface area (TPSA) is 42.7 Å². The Balaban J connectivity index is 1.67. The number of aromatic nitrogens is 3. The Bertz CT molecular complexity index is 378. The summed E-state index contributed by atoms with van der Waals surface area (Å²) in [6, 6.07) is 1.04. The van der Waals surface area contributed by atoms with Gasteiger partial charge in [-0.25, -0.2) is 0 Å². The minimum absolute atomic E-state index is 0.344. The van der Waals surface area contributed by atoms with Gasteiger partial charge in [0.2, 0.25) is 0 Å². The second-order valence-electron chi connectivity index (χ2n) is 5.39. The zero-order valence-corrected chi connectivity index (χ0v) is 10.1. The van der Waals surface area contributed by atoms with E-state index in [2.05, 4.69) is 33.9 Å². The molecular formula is C12H20N4. The molecule has 0 aromatic carbocycles. The summed E-state index contributed by atoms with van der Waals surface area (Å²) in [6.45, 7) is 5.63. The van der Waals surface area contributed by atoms with Crippen LogP contribution < -0.4 is 5.32 Å². The Labute approximate surface area is 96.4 Å². The maximum Gasteiger partial charge on any atom is 0.149 e. The van der Waals surface area contributed by atoms with E-state index in [0.29, 0.717) is 12.1 Å². The van der Waals surface area contributed by atoms with Gasteiger partial charge in [-0.15, -0.1) is 10.2 Å². The molecule has 1 aromatic rings. The van der Waals surface area contributed by atoms with Crippen molar-refractivity contribution >= 4 is 0 Å². The molecule has 4 heteroatoms. The van der Waals surface area contributed by atoms with Crippen molar-refractivity contribution in [1.29, 1.82) is 0 Å². The van der Waals surface area contributed by atoms with Crippen molar-refractivity contribution in [2.45, 2.75) is 58.2 Å². The van der Waals surface area contributed by atoms with E-state index in [1.807, 2.05) is 0 Å². The molecule has 1 saturated carbocycles. The fourth-order valence-electron chi connectivity index (χ4n) is 2.96. The number of nitrogens with zero attached hydrogens (tertiary/aromatic N) is 3. The molecule has 1 fully saturated rings. The van der Waals surface area contributed by atoms with Gasteiger partial charge < -0.3 is 9.88 Å². The normalized spacial score (nSPS) is 29.9. The summed E-state index contributed by atoms with van der Waals surface area (Å²) in [5, 5.41) is 12.2. The van der Waals surface area contributed by atoms with Crippen molar-refractivity contribution in [3.63, 3.8) is 0 Å². The number of fused-ring (bicyclic) bond motifs is 1. The minimum atomic E-state index is 0.344. The van der Waals surface area contributed by atoms with Gasteiger partial charge in [0.1, 0.15) is 11.6 Å². The molecule has 0 amide bonds. The molecule has 0 radical (unpaired) electrons. The largest absolute Gasteiger partial charge is 0.314 e. The third-order valence-corrected chi connectivity index (χ3v) is 3.88. The Morgan fingerprint density at radius 2 is 2.19 bits per heavy atom. The van der Waals surface area contributed by atoms with Crippen LogP contribution in [0.1, 0.15) is 50.8 Å². The quantitative estimate of drug-likeness (QED) is 0.842. The van der Waals surface area contributed by atoms with Gasteiger partial charge in [0.05, 0.1) is 6.04 Å². The zero-order chi connectivity index (χ0) is 11.1. The Morgan fingerprint density at radius 1 is 1.38 bits per heavy atom. The SMILES string of the molecule is CC1CC(NC(C)c2nnc3n2CCC3)C1. The van der Waals surface area contributed by atoms with Crippen molar-refractivity contribution in [1.82, 2.24) is 20.1 Å². The molecule has 16 heavy (non-hydrogen) atoms. The summed E-state index contributed by atoms with van der Waals surface area (Å²) in [6.07, 6.45) is 4.95. The zero-order valence-electron chi connectivity index (χ0n) is 10.1. The molecule has 4 nitrogen and oxygen atoms in total. The predicted octanol–water partition coefficient (Wildman–Crippen LogP) is 1.67. The summed E-state index contributed by atoms with van der Waals surface area (Å²) in [4.78, 5) is 0. The monoisotopic (exact) mass is 220 g/mol. The summed E-state index contributed by atoms with van der Waals surface area (Å²) in [7, 11) is 0. The summed E-state index contributed by atoms with van der Waals surface area (Å²) in [5.74, 6) is 3.20. The number of hydrogen-bond donors (Lipinski definition) is 1. The van der Waals surface area contributed by atoms with Crippen LogP contribution in [0.5, 0.6) is 0 Å². The van der Waals surface area contributed by atoms with E-state index in [0.717, 1.165) is 24.7 Å². The van der Waals surface area contributed by atoms with Gasteiger partial charge >= 0.3 is 0 Å². The van der Waals surface area contributed by atoms with Gasteiger partial charge in [-0.2, -0.15) is 0 Å². The van der Waals surface area contributed by atoms with Crippen molar-refractivity contribution in [2.24, 2.45) is 5.92 Å². The first-order chi connectivity index (χ1) is 7.74. The lowest BCUT2D eigenvalue weighted by Gasteiger charge is -2.35. The minimum Gasteiger partial charge on any atom is -0.314 e. The Morgan fingerprint density at radius 3 is 2.94 bits per heavy atom. The smallest absolute Gasteiger partial charge is 0.149 e. The van der Waals surface area contributed by atoms with Gasteiger partial charge in [0.25, 0.3) is 0 Å². The first-order valence-corrected chi connectivity index (χ1v) is 6.42. The van der Waals surface area contributed by atoms with Gasteiger partial charge in [-0.3, -0.25) is 0 Å². The van der Waals surface area contributed by atoms with Crippen LogP contribution in [0.2, 0.25) is 0 Å². The predicted molar refractivity (Wildman–Crippen MR) is 62.1 cm³/mol. The third kappa shape index (κ3) is 1.65. The van der Waals surface area contributed by atoms with E-state index in [1.54, 1.807) is 0 Å². The molecular weight excluding hydrogens is 200 g/mol. The molecule has 0 saturated heterocycles. The molecule has 1 unspecified atom stereocenters. The van der Waals surface area contributed by atoms with Gasteiger partial charge in [-0.1, -0.05) is 6.92 Å². The van der Waals surface area contributed by atoms with Crippen LogP contribution in [-0.2, 0) is 13.0 Å². The Hall–Kier alpha value is -0.900. The van der Waals surface area contributed by atoms with Crippen LogP contribution in [0.3, 0.4) is 0 Å². The first kappa shape index (κ1) is 10.3. The molecule has 1 aliphatic carbocycles. The molecule has 1 N–H and O–H groups in total. The summed E-state index contributed by atoms with van der Waals surface area (Å²) in [5.41, 5.74) is 0. The maximum atomic E-state index is 4.32. The van der Waals surface area contributed by atoms with Crippen molar-refractivity contribution < 1.29 is 0 Å². The summed E-state index contributed by atoms with van der Waals surface area (Å²) >= 11 is 0. The van der Waals surface area contributed by atoms with Gasteiger partial charge in [-0.05, 0) is 32.1 Å². The van der Waals surface area contributed by atoms with Crippen LogP contribution in [0, 0.1) is 5.92 Å². The average molecular weight is 220 g/mol. The summed E-state index contributed by atoms with van der Waals surface area (Å²) < 4.78 is 2.29.